The van der Waals surface area contributed by atoms with E-state index in [0.29, 0.717) is 36.6 Å². The van der Waals surface area contributed by atoms with Crippen molar-refractivity contribution in [2.75, 3.05) is 27.3 Å². The third-order valence-corrected chi connectivity index (χ3v) is 5.44. The molecule has 0 radical (unpaired) electrons. The Morgan fingerprint density at radius 3 is 2.11 bits per heavy atom. The van der Waals surface area contributed by atoms with Gasteiger partial charge in [-0.05, 0) is 36.2 Å². The Balaban J connectivity index is 1.95. The number of benzene rings is 2. The zero-order valence-electron chi connectivity index (χ0n) is 15.6. The SMILES string of the molecule is CCNS(=O)(=O)c1ccc(CCNC(=O)c2cc(OC)cc(OC)c2)cc1. The molecule has 2 rings (SSSR count). The van der Waals surface area contributed by atoms with Crippen LogP contribution in [0.3, 0.4) is 0 Å². The highest BCUT2D eigenvalue weighted by atomic mass is 32.2. The van der Waals surface area contributed by atoms with Crippen LogP contribution in [0, 0.1) is 0 Å². The third kappa shape index (κ3) is 5.70. The topological polar surface area (TPSA) is 93.7 Å². The van der Waals surface area contributed by atoms with Crippen molar-refractivity contribution < 1.29 is 22.7 Å². The smallest absolute Gasteiger partial charge is 0.251 e. The summed E-state index contributed by atoms with van der Waals surface area (Å²) in [6.07, 6.45) is 0.578. The maximum Gasteiger partial charge on any atom is 0.251 e. The number of hydrogen-bond acceptors (Lipinski definition) is 5. The second-order valence-corrected chi connectivity index (χ2v) is 7.52. The van der Waals surface area contributed by atoms with Gasteiger partial charge < -0.3 is 14.8 Å². The molecule has 0 saturated heterocycles. The fourth-order valence-electron chi connectivity index (χ4n) is 2.47. The lowest BCUT2D eigenvalue weighted by atomic mass is 10.1. The number of rotatable bonds is 9. The highest BCUT2D eigenvalue weighted by molar-refractivity contribution is 7.89. The van der Waals surface area contributed by atoms with Crippen molar-refractivity contribution in [3.05, 3.63) is 53.6 Å². The van der Waals surface area contributed by atoms with Crippen molar-refractivity contribution in [1.82, 2.24) is 10.0 Å². The van der Waals surface area contributed by atoms with Gasteiger partial charge in [0, 0.05) is 24.7 Å². The number of carbonyl (C=O) groups excluding carboxylic acids is 1. The van der Waals surface area contributed by atoms with Crippen LogP contribution in [0.1, 0.15) is 22.8 Å². The summed E-state index contributed by atoms with van der Waals surface area (Å²) >= 11 is 0. The molecule has 0 fully saturated rings. The van der Waals surface area contributed by atoms with Gasteiger partial charge in [0.25, 0.3) is 5.91 Å². The molecule has 0 spiro atoms. The van der Waals surface area contributed by atoms with Crippen molar-refractivity contribution in [2.24, 2.45) is 0 Å². The van der Waals surface area contributed by atoms with Crippen LogP contribution in [0.4, 0.5) is 0 Å². The van der Waals surface area contributed by atoms with Crippen molar-refractivity contribution in [3.8, 4) is 11.5 Å². The molecule has 0 aliphatic carbocycles. The van der Waals surface area contributed by atoms with E-state index in [2.05, 4.69) is 10.0 Å². The van der Waals surface area contributed by atoms with Crippen molar-refractivity contribution >= 4 is 15.9 Å². The fourth-order valence-corrected chi connectivity index (χ4v) is 3.51. The summed E-state index contributed by atoms with van der Waals surface area (Å²) in [5.41, 5.74) is 1.37. The van der Waals surface area contributed by atoms with Gasteiger partial charge in [-0.1, -0.05) is 19.1 Å². The maximum absolute atomic E-state index is 12.3. The molecule has 146 valence electrons. The van der Waals surface area contributed by atoms with E-state index in [-0.39, 0.29) is 10.8 Å². The minimum atomic E-state index is -3.45. The van der Waals surface area contributed by atoms with Crippen LogP contribution in [0.25, 0.3) is 0 Å². The van der Waals surface area contributed by atoms with Gasteiger partial charge in [-0.2, -0.15) is 0 Å². The van der Waals surface area contributed by atoms with E-state index < -0.39 is 10.0 Å². The van der Waals surface area contributed by atoms with Crippen molar-refractivity contribution in [1.29, 1.82) is 0 Å². The molecular formula is C19H24N2O5S. The van der Waals surface area contributed by atoms with Crippen LogP contribution in [0.5, 0.6) is 11.5 Å². The van der Waals surface area contributed by atoms with Gasteiger partial charge in [-0.25, -0.2) is 13.1 Å². The Labute approximate surface area is 159 Å². The Morgan fingerprint density at radius 1 is 1.00 bits per heavy atom. The van der Waals surface area contributed by atoms with Gasteiger partial charge in [-0.15, -0.1) is 0 Å². The molecule has 0 bridgehead atoms. The predicted molar refractivity (Wildman–Crippen MR) is 103 cm³/mol. The number of sulfonamides is 1. The molecule has 0 heterocycles. The summed E-state index contributed by atoms with van der Waals surface area (Å²) in [5, 5.41) is 2.83. The van der Waals surface area contributed by atoms with Crippen molar-refractivity contribution in [2.45, 2.75) is 18.2 Å². The molecule has 1 amide bonds. The van der Waals surface area contributed by atoms with Crippen LogP contribution in [-0.4, -0.2) is 41.6 Å². The number of nitrogens with one attached hydrogen (secondary N) is 2. The van der Waals surface area contributed by atoms with Gasteiger partial charge in [0.15, 0.2) is 0 Å². The lowest BCUT2D eigenvalue weighted by Gasteiger charge is -2.10. The number of hydrogen-bond donors (Lipinski definition) is 2. The van der Waals surface area contributed by atoms with Gasteiger partial charge in [0.05, 0.1) is 19.1 Å². The molecule has 0 aliphatic heterocycles. The highest BCUT2D eigenvalue weighted by Gasteiger charge is 2.12. The van der Waals surface area contributed by atoms with Crippen LogP contribution < -0.4 is 19.5 Å². The predicted octanol–water partition coefficient (Wildman–Crippen LogP) is 1.97. The van der Waals surface area contributed by atoms with Gasteiger partial charge in [0.2, 0.25) is 10.0 Å². The molecular weight excluding hydrogens is 368 g/mol. The molecule has 8 heteroatoms. The summed E-state index contributed by atoms with van der Waals surface area (Å²) in [7, 11) is -0.406. The Hall–Kier alpha value is -2.58. The Kier molecular flexibility index (Phi) is 7.20. The summed E-state index contributed by atoms with van der Waals surface area (Å²) in [6, 6.07) is 11.6. The molecule has 0 aliphatic rings. The minimum absolute atomic E-state index is 0.223. The van der Waals surface area contributed by atoms with E-state index in [1.165, 1.54) is 14.2 Å². The lowest BCUT2D eigenvalue weighted by molar-refractivity contribution is 0.0953. The number of methoxy groups -OCH3 is 2. The molecule has 0 saturated carbocycles. The zero-order chi connectivity index (χ0) is 19.9. The summed E-state index contributed by atoms with van der Waals surface area (Å²) < 4.78 is 36.6. The molecule has 2 N–H and O–H groups in total. The first-order valence-electron chi connectivity index (χ1n) is 8.49. The Morgan fingerprint density at radius 2 is 1.59 bits per heavy atom. The first-order valence-corrected chi connectivity index (χ1v) is 9.97. The average molecular weight is 392 g/mol. The standard InChI is InChI=1S/C19H24N2O5S/c1-4-21-27(23,24)18-7-5-14(6-8-18)9-10-20-19(22)15-11-16(25-2)13-17(12-15)26-3/h5-8,11-13,21H,4,9-10H2,1-3H3,(H,20,22). The second-order valence-electron chi connectivity index (χ2n) is 5.75. The average Bonchev–Trinajstić information content (AvgIpc) is 2.67. The van der Waals surface area contributed by atoms with Gasteiger partial charge >= 0.3 is 0 Å². The summed E-state index contributed by atoms with van der Waals surface area (Å²) in [6.45, 7) is 2.48. The third-order valence-electron chi connectivity index (χ3n) is 3.88. The second kappa shape index (κ2) is 9.38. The highest BCUT2D eigenvalue weighted by Crippen LogP contribution is 2.22. The van der Waals surface area contributed by atoms with E-state index in [1.807, 2.05) is 0 Å². The monoisotopic (exact) mass is 392 g/mol. The van der Waals surface area contributed by atoms with Crippen molar-refractivity contribution in [3.63, 3.8) is 0 Å². The van der Waals surface area contributed by atoms with Gasteiger partial charge in [0.1, 0.15) is 11.5 Å². The summed E-state index contributed by atoms with van der Waals surface area (Å²) in [5.74, 6) is 0.840. The van der Waals surface area contributed by atoms with Crippen LogP contribution in [-0.2, 0) is 16.4 Å². The first kappa shape index (κ1) is 20.7. The zero-order valence-corrected chi connectivity index (χ0v) is 16.4. The van der Waals surface area contributed by atoms with E-state index in [0.717, 1.165) is 5.56 Å². The number of carbonyl (C=O) groups is 1. The minimum Gasteiger partial charge on any atom is -0.497 e. The van der Waals surface area contributed by atoms with E-state index in [4.69, 9.17) is 9.47 Å². The number of ether oxygens (including phenoxy) is 2. The number of amides is 1. The quantitative estimate of drug-likeness (QED) is 0.681. The lowest BCUT2D eigenvalue weighted by Crippen LogP contribution is -2.26. The van der Waals surface area contributed by atoms with Crippen LogP contribution in [0.2, 0.25) is 0 Å². The van der Waals surface area contributed by atoms with E-state index in [9.17, 15) is 13.2 Å². The molecule has 2 aromatic rings. The fraction of sp³-hybridized carbons (Fsp3) is 0.316. The Bertz CT molecular complexity index is 857. The molecule has 27 heavy (non-hydrogen) atoms. The molecule has 2 aromatic carbocycles. The molecule has 7 nitrogen and oxygen atoms in total. The summed E-state index contributed by atoms with van der Waals surface area (Å²) in [4.78, 5) is 12.5. The first-order chi connectivity index (χ1) is 12.9. The maximum atomic E-state index is 12.3. The largest absolute Gasteiger partial charge is 0.497 e. The molecule has 0 unspecified atom stereocenters. The van der Waals surface area contributed by atoms with Crippen LogP contribution in [0.15, 0.2) is 47.4 Å². The van der Waals surface area contributed by atoms with E-state index >= 15 is 0 Å². The normalized spacial score (nSPS) is 11.1. The molecule has 0 atom stereocenters. The van der Waals surface area contributed by atoms with Crippen LogP contribution >= 0.6 is 0 Å². The van der Waals surface area contributed by atoms with Gasteiger partial charge in [-0.3, -0.25) is 4.79 Å². The van der Waals surface area contributed by atoms with E-state index in [1.54, 1.807) is 49.4 Å². The molecule has 0 aromatic heterocycles.